The number of benzene rings is 2. The summed E-state index contributed by atoms with van der Waals surface area (Å²) in [5.41, 5.74) is 1.52. The fraction of sp³-hybridized carbons (Fsp3) is 0.188. The Morgan fingerprint density at radius 2 is 1.87 bits per heavy atom. The van der Waals surface area contributed by atoms with Gasteiger partial charge in [0.25, 0.3) is 5.91 Å². The maximum Gasteiger partial charge on any atom is 0.323 e. The Hall–Kier alpha value is -3.09. The number of amides is 1. The van der Waals surface area contributed by atoms with Crippen LogP contribution in [0.2, 0.25) is 0 Å². The lowest BCUT2D eigenvalue weighted by Gasteiger charge is -2.18. The normalized spacial score (nSPS) is 10.2. The molecule has 7 heteroatoms. The van der Waals surface area contributed by atoms with Crippen LogP contribution in [0.15, 0.2) is 36.4 Å². The van der Waals surface area contributed by atoms with Gasteiger partial charge in [-0.25, -0.2) is 0 Å². The van der Waals surface area contributed by atoms with Gasteiger partial charge in [0.15, 0.2) is 5.75 Å². The first kappa shape index (κ1) is 16.3. The minimum absolute atomic E-state index is 0.190. The van der Waals surface area contributed by atoms with Crippen LogP contribution in [0.3, 0.4) is 0 Å². The van der Waals surface area contributed by atoms with Gasteiger partial charge in [-0.15, -0.1) is 0 Å². The zero-order chi connectivity index (χ0) is 17.1. The highest BCUT2D eigenvalue weighted by Gasteiger charge is 2.24. The predicted molar refractivity (Wildman–Crippen MR) is 88.2 cm³/mol. The van der Waals surface area contributed by atoms with Crippen LogP contribution in [0.5, 0.6) is 5.75 Å². The van der Waals surface area contributed by atoms with E-state index in [4.69, 9.17) is 0 Å². The first-order valence-electron chi connectivity index (χ1n) is 6.87. The maximum atomic E-state index is 12.4. The number of carbonyl (C=O) groups is 1. The van der Waals surface area contributed by atoms with E-state index in [2.05, 4.69) is 5.32 Å². The summed E-state index contributed by atoms with van der Waals surface area (Å²) >= 11 is 0. The summed E-state index contributed by atoms with van der Waals surface area (Å²) < 4.78 is 0. The van der Waals surface area contributed by atoms with Crippen molar-refractivity contribution in [1.82, 2.24) is 0 Å². The first-order chi connectivity index (χ1) is 10.8. The predicted octanol–water partition coefficient (Wildman–Crippen LogP) is 2.93. The Morgan fingerprint density at radius 1 is 1.22 bits per heavy atom. The molecule has 7 nitrogen and oxygen atoms in total. The number of aromatic hydroxyl groups is 1. The van der Waals surface area contributed by atoms with E-state index in [9.17, 15) is 20.0 Å². The summed E-state index contributed by atoms with van der Waals surface area (Å²) in [4.78, 5) is 24.6. The van der Waals surface area contributed by atoms with Crippen LogP contribution >= 0.6 is 0 Å². The summed E-state index contributed by atoms with van der Waals surface area (Å²) in [5, 5.41) is 23.4. The van der Waals surface area contributed by atoms with E-state index < -0.39 is 22.3 Å². The molecule has 0 bridgehead atoms. The summed E-state index contributed by atoms with van der Waals surface area (Å²) in [5.74, 6) is -1.19. The second kappa shape index (κ2) is 6.35. The zero-order valence-electron chi connectivity index (χ0n) is 13.0. The molecule has 2 aromatic rings. The monoisotopic (exact) mass is 315 g/mol. The Labute approximate surface area is 133 Å². The van der Waals surface area contributed by atoms with Crippen LogP contribution in [0.1, 0.15) is 15.9 Å². The van der Waals surface area contributed by atoms with Gasteiger partial charge in [-0.1, -0.05) is 12.1 Å². The third kappa shape index (κ3) is 3.23. The van der Waals surface area contributed by atoms with Crippen LogP contribution in [0.4, 0.5) is 17.1 Å². The maximum absolute atomic E-state index is 12.4. The molecule has 2 N–H and O–H groups in total. The molecule has 0 aliphatic heterocycles. The van der Waals surface area contributed by atoms with Gasteiger partial charge in [-0.05, 0) is 36.8 Å². The van der Waals surface area contributed by atoms with Gasteiger partial charge in [-0.2, -0.15) is 0 Å². The molecule has 0 fully saturated rings. The second-order valence-corrected chi connectivity index (χ2v) is 5.23. The number of hydrogen-bond donors (Lipinski definition) is 2. The van der Waals surface area contributed by atoms with Crippen molar-refractivity contribution < 1.29 is 14.8 Å². The van der Waals surface area contributed by atoms with E-state index in [1.54, 1.807) is 12.1 Å². The highest BCUT2D eigenvalue weighted by Crippen LogP contribution is 2.31. The number of hydrogen-bond acceptors (Lipinski definition) is 5. The van der Waals surface area contributed by atoms with Crippen LogP contribution in [0.25, 0.3) is 0 Å². The van der Waals surface area contributed by atoms with Crippen molar-refractivity contribution in [2.24, 2.45) is 0 Å². The SMILES string of the molecule is Cc1c(NC(=O)c2cccc(O)c2[N+](=O)[O-])cccc1N(C)C. The molecule has 23 heavy (non-hydrogen) atoms. The van der Waals surface area contributed by atoms with Crippen molar-refractivity contribution in [3.63, 3.8) is 0 Å². The lowest BCUT2D eigenvalue weighted by atomic mass is 10.1. The quantitative estimate of drug-likeness (QED) is 0.668. The molecule has 0 aliphatic rings. The molecule has 0 saturated heterocycles. The largest absolute Gasteiger partial charge is 0.502 e. The molecule has 1 amide bonds. The number of carbonyl (C=O) groups excluding carboxylic acids is 1. The second-order valence-electron chi connectivity index (χ2n) is 5.23. The lowest BCUT2D eigenvalue weighted by Crippen LogP contribution is -2.16. The third-order valence-corrected chi connectivity index (χ3v) is 3.48. The molecule has 0 unspecified atom stereocenters. The number of phenols is 1. The van der Waals surface area contributed by atoms with Crippen LogP contribution < -0.4 is 10.2 Å². The standard InChI is InChI=1S/C16H17N3O4/c1-10-12(7-5-8-13(10)18(2)3)17-16(21)11-6-4-9-14(20)15(11)19(22)23/h4-9,20H,1-3H3,(H,17,21). The summed E-state index contributed by atoms with van der Waals surface area (Å²) in [6.07, 6.45) is 0. The highest BCUT2D eigenvalue weighted by atomic mass is 16.6. The van der Waals surface area contributed by atoms with Gasteiger partial charge in [0.1, 0.15) is 5.56 Å². The Kier molecular flexibility index (Phi) is 4.49. The fourth-order valence-electron chi connectivity index (χ4n) is 2.34. The molecule has 120 valence electrons. The average molecular weight is 315 g/mol. The van der Waals surface area contributed by atoms with E-state index in [-0.39, 0.29) is 5.56 Å². The number of para-hydroxylation sites is 1. The molecule has 0 radical (unpaired) electrons. The minimum atomic E-state index is -0.770. The van der Waals surface area contributed by atoms with Gasteiger partial charge in [0.2, 0.25) is 0 Å². The number of phenolic OH excluding ortho intramolecular Hbond substituents is 1. The van der Waals surface area contributed by atoms with Crippen molar-refractivity contribution in [2.45, 2.75) is 6.92 Å². The number of nitro benzene ring substituents is 1. The highest BCUT2D eigenvalue weighted by molar-refractivity contribution is 6.08. The van der Waals surface area contributed by atoms with Gasteiger partial charge >= 0.3 is 5.69 Å². The molecule has 0 spiro atoms. The molecule has 0 aromatic heterocycles. The molecular formula is C16H17N3O4. The number of nitrogens with zero attached hydrogens (tertiary/aromatic N) is 2. The van der Waals surface area contributed by atoms with Gasteiger partial charge < -0.3 is 15.3 Å². The minimum Gasteiger partial charge on any atom is -0.502 e. The summed E-state index contributed by atoms with van der Waals surface area (Å²) in [6, 6.07) is 9.27. The van der Waals surface area contributed by atoms with Crippen molar-refractivity contribution in [3.05, 3.63) is 57.6 Å². The van der Waals surface area contributed by atoms with Crippen molar-refractivity contribution in [1.29, 1.82) is 0 Å². The molecule has 0 aliphatic carbocycles. The number of nitrogens with one attached hydrogen (secondary N) is 1. The van der Waals surface area contributed by atoms with Gasteiger partial charge in [0.05, 0.1) is 4.92 Å². The van der Waals surface area contributed by atoms with E-state index in [1.807, 2.05) is 32.0 Å². The van der Waals surface area contributed by atoms with Crippen LogP contribution in [-0.2, 0) is 0 Å². The molecule has 0 saturated carbocycles. The smallest absolute Gasteiger partial charge is 0.323 e. The van der Waals surface area contributed by atoms with E-state index >= 15 is 0 Å². The van der Waals surface area contributed by atoms with Crippen LogP contribution in [0, 0.1) is 17.0 Å². The third-order valence-electron chi connectivity index (χ3n) is 3.48. The molecule has 0 heterocycles. The average Bonchev–Trinajstić information content (AvgIpc) is 2.48. The zero-order valence-corrected chi connectivity index (χ0v) is 13.0. The van der Waals surface area contributed by atoms with Crippen LogP contribution in [-0.4, -0.2) is 30.0 Å². The van der Waals surface area contributed by atoms with Gasteiger partial charge in [-0.3, -0.25) is 14.9 Å². The van der Waals surface area contributed by atoms with E-state index in [0.717, 1.165) is 11.3 Å². The summed E-state index contributed by atoms with van der Waals surface area (Å²) in [7, 11) is 3.77. The Balaban J connectivity index is 2.40. The number of rotatable bonds is 4. The molecule has 2 aromatic carbocycles. The van der Waals surface area contributed by atoms with Crippen molar-refractivity contribution >= 4 is 23.0 Å². The Morgan fingerprint density at radius 3 is 2.48 bits per heavy atom. The number of nitro groups is 1. The molecule has 2 rings (SSSR count). The first-order valence-corrected chi connectivity index (χ1v) is 6.87. The summed E-state index contributed by atoms with van der Waals surface area (Å²) in [6.45, 7) is 1.85. The van der Waals surface area contributed by atoms with Crippen molar-refractivity contribution in [2.75, 3.05) is 24.3 Å². The van der Waals surface area contributed by atoms with E-state index in [1.165, 1.54) is 18.2 Å². The van der Waals surface area contributed by atoms with E-state index in [0.29, 0.717) is 5.69 Å². The number of anilines is 2. The topological polar surface area (TPSA) is 95.7 Å². The van der Waals surface area contributed by atoms with Gasteiger partial charge in [0, 0.05) is 25.5 Å². The fourth-order valence-corrected chi connectivity index (χ4v) is 2.34. The molecule has 0 atom stereocenters. The van der Waals surface area contributed by atoms with Crippen molar-refractivity contribution in [3.8, 4) is 5.75 Å². The lowest BCUT2D eigenvalue weighted by molar-refractivity contribution is -0.386. The molecular weight excluding hydrogens is 298 g/mol. The Bertz CT molecular complexity index is 772.